The molecule has 0 spiro atoms. The minimum atomic E-state index is -5.30. The Balaban J connectivity index is 6.10. The first kappa shape index (κ1) is 21.0. The van der Waals surface area contributed by atoms with E-state index in [4.69, 9.17) is 18.9 Å². The molecule has 22 heavy (non-hydrogen) atoms. The number of hydrogen-bond acceptors (Lipinski definition) is 7. The third-order valence-corrected chi connectivity index (χ3v) is 3.97. The highest BCUT2D eigenvalue weighted by molar-refractivity contribution is 7.54. The fourth-order valence-electron chi connectivity index (χ4n) is 1.78. The van der Waals surface area contributed by atoms with Crippen LogP contribution in [0, 0.1) is 0 Å². The molecule has 0 aromatic carbocycles. The van der Waals surface area contributed by atoms with E-state index in [2.05, 4.69) is 0 Å². The molecule has 2 atom stereocenters. The molecule has 0 aromatic heterocycles. The van der Waals surface area contributed by atoms with Gasteiger partial charge in [0.05, 0.1) is 13.2 Å². The summed E-state index contributed by atoms with van der Waals surface area (Å²) in [6.07, 6.45) is -1.95. The second-order valence-corrected chi connectivity index (χ2v) is 5.73. The Hall–Kier alpha value is -0.990. The van der Waals surface area contributed by atoms with Crippen molar-refractivity contribution in [2.75, 3.05) is 26.4 Å². The average Bonchev–Trinajstić information content (AvgIpc) is 2.41. The Morgan fingerprint density at radius 3 is 1.91 bits per heavy atom. The number of rotatable bonds is 10. The SMILES string of the molecule is CCOC(=O)C(OCC)C(OCC)(C(=O)OCC)P(=O)(O)O. The molecule has 0 bridgehead atoms. The van der Waals surface area contributed by atoms with E-state index in [0.29, 0.717) is 0 Å². The quantitative estimate of drug-likeness (QED) is 0.429. The predicted octanol–water partition coefficient (Wildman–Crippen LogP) is 0.428. The second kappa shape index (κ2) is 9.22. The van der Waals surface area contributed by atoms with E-state index in [9.17, 15) is 23.9 Å². The van der Waals surface area contributed by atoms with E-state index >= 15 is 0 Å². The van der Waals surface area contributed by atoms with E-state index in [1.165, 1.54) is 27.7 Å². The first-order valence-electron chi connectivity index (χ1n) is 6.87. The first-order valence-corrected chi connectivity index (χ1v) is 8.49. The molecular weight excluding hydrogens is 319 g/mol. The fourth-order valence-corrected chi connectivity index (χ4v) is 2.86. The Labute approximate surface area is 129 Å². The molecule has 0 rings (SSSR count). The summed E-state index contributed by atoms with van der Waals surface area (Å²) in [6, 6.07) is 0. The van der Waals surface area contributed by atoms with Crippen LogP contribution in [0.3, 0.4) is 0 Å². The molecular formula is C12H23O9P. The zero-order chi connectivity index (χ0) is 17.4. The van der Waals surface area contributed by atoms with Gasteiger partial charge in [-0.25, -0.2) is 9.59 Å². The van der Waals surface area contributed by atoms with Gasteiger partial charge in [-0.05, 0) is 27.7 Å². The lowest BCUT2D eigenvalue weighted by atomic mass is 10.2. The zero-order valence-electron chi connectivity index (χ0n) is 13.1. The monoisotopic (exact) mass is 342 g/mol. The molecule has 2 unspecified atom stereocenters. The van der Waals surface area contributed by atoms with Gasteiger partial charge in [-0.1, -0.05) is 0 Å². The third-order valence-electron chi connectivity index (χ3n) is 2.55. The molecule has 0 amide bonds. The van der Waals surface area contributed by atoms with Crippen molar-refractivity contribution in [2.24, 2.45) is 0 Å². The van der Waals surface area contributed by atoms with Crippen LogP contribution in [0.2, 0.25) is 0 Å². The topological polar surface area (TPSA) is 129 Å². The maximum Gasteiger partial charge on any atom is 0.372 e. The number of carbonyl (C=O) groups is 2. The number of esters is 2. The van der Waals surface area contributed by atoms with Crippen LogP contribution in [-0.2, 0) is 33.1 Å². The summed E-state index contributed by atoms with van der Waals surface area (Å²) in [5.41, 5.74) is 0. The van der Waals surface area contributed by atoms with Crippen LogP contribution in [0.1, 0.15) is 27.7 Å². The summed E-state index contributed by atoms with van der Waals surface area (Å²) in [5, 5.41) is -2.90. The van der Waals surface area contributed by atoms with Crippen LogP contribution < -0.4 is 0 Å². The van der Waals surface area contributed by atoms with Gasteiger partial charge in [0.25, 0.3) is 0 Å². The smallest absolute Gasteiger partial charge is 0.372 e. The summed E-state index contributed by atoms with van der Waals surface area (Å²) in [7, 11) is -5.30. The predicted molar refractivity (Wildman–Crippen MR) is 75.1 cm³/mol. The molecule has 0 aliphatic heterocycles. The zero-order valence-corrected chi connectivity index (χ0v) is 14.0. The maximum absolute atomic E-state index is 12.2. The van der Waals surface area contributed by atoms with Gasteiger partial charge in [0.1, 0.15) is 0 Å². The Morgan fingerprint density at radius 1 is 1.00 bits per heavy atom. The van der Waals surface area contributed by atoms with Crippen LogP contribution in [0.4, 0.5) is 0 Å². The lowest BCUT2D eigenvalue weighted by Crippen LogP contribution is -2.57. The molecule has 0 saturated heterocycles. The van der Waals surface area contributed by atoms with Gasteiger partial charge >= 0.3 is 24.9 Å². The van der Waals surface area contributed by atoms with Crippen LogP contribution >= 0.6 is 7.60 Å². The van der Waals surface area contributed by atoms with Gasteiger partial charge in [-0.15, -0.1) is 0 Å². The second-order valence-electron chi connectivity index (χ2n) is 3.98. The van der Waals surface area contributed by atoms with E-state index in [0.717, 1.165) is 0 Å². The largest absolute Gasteiger partial charge is 0.464 e. The lowest BCUT2D eigenvalue weighted by Gasteiger charge is -2.35. The molecule has 0 aliphatic carbocycles. The van der Waals surface area contributed by atoms with Crippen molar-refractivity contribution in [3.8, 4) is 0 Å². The van der Waals surface area contributed by atoms with Crippen LogP contribution in [-0.4, -0.2) is 59.6 Å². The van der Waals surface area contributed by atoms with Gasteiger partial charge in [-0.3, -0.25) is 4.57 Å². The van der Waals surface area contributed by atoms with E-state index in [-0.39, 0.29) is 26.4 Å². The Morgan fingerprint density at radius 2 is 1.55 bits per heavy atom. The minimum Gasteiger partial charge on any atom is -0.464 e. The normalized spacial score (nSPS) is 15.7. The van der Waals surface area contributed by atoms with Crippen molar-refractivity contribution >= 4 is 19.5 Å². The molecule has 130 valence electrons. The molecule has 0 aromatic rings. The van der Waals surface area contributed by atoms with Gasteiger partial charge in [-0.2, -0.15) is 0 Å². The summed E-state index contributed by atoms with van der Waals surface area (Å²) in [6.45, 7) is 5.29. The maximum atomic E-state index is 12.2. The average molecular weight is 342 g/mol. The summed E-state index contributed by atoms with van der Waals surface area (Å²) in [4.78, 5) is 43.6. The summed E-state index contributed by atoms with van der Waals surface area (Å²) < 4.78 is 31.5. The summed E-state index contributed by atoms with van der Waals surface area (Å²) in [5.74, 6) is -2.49. The molecule has 10 heteroatoms. The van der Waals surface area contributed by atoms with Gasteiger partial charge in [0.2, 0.25) is 6.10 Å². The summed E-state index contributed by atoms with van der Waals surface area (Å²) >= 11 is 0. The van der Waals surface area contributed by atoms with Crippen molar-refractivity contribution in [2.45, 2.75) is 39.1 Å². The molecule has 0 radical (unpaired) electrons. The van der Waals surface area contributed by atoms with Gasteiger partial charge in [0.15, 0.2) is 0 Å². The number of hydrogen-bond donors (Lipinski definition) is 2. The molecule has 0 saturated carbocycles. The van der Waals surface area contributed by atoms with Crippen LogP contribution in [0.5, 0.6) is 0 Å². The highest BCUT2D eigenvalue weighted by Crippen LogP contribution is 2.55. The number of ether oxygens (including phenoxy) is 4. The first-order chi connectivity index (χ1) is 10.2. The van der Waals surface area contributed by atoms with Crippen molar-refractivity contribution < 1.29 is 42.9 Å². The third kappa shape index (κ3) is 4.50. The lowest BCUT2D eigenvalue weighted by molar-refractivity contribution is -0.192. The van der Waals surface area contributed by atoms with E-state index < -0.39 is 31.0 Å². The van der Waals surface area contributed by atoms with Crippen LogP contribution in [0.15, 0.2) is 0 Å². The molecule has 2 N–H and O–H groups in total. The van der Waals surface area contributed by atoms with Gasteiger partial charge < -0.3 is 28.7 Å². The van der Waals surface area contributed by atoms with Crippen LogP contribution in [0.25, 0.3) is 0 Å². The van der Waals surface area contributed by atoms with Crippen molar-refractivity contribution in [3.63, 3.8) is 0 Å². The molecule has 9 nitrogen and oxygen atoms in total. The number of carbonyl (C=O) groups excluding carboxylic acids is 2. The standard InChI is InChI=1S/C12H23O9P/c1-5-18-9(10(13)19-6-2)12(21-8-4,22(15,16)17)11(14)20-7-3/h9H,5-8H2,1-4H3,(H2,15,16,17). The van der Waals surface area contributed by atoms with E-state index in [1.54, 1.807) is 0 Å². The van der Waals surface area contributed by atoms with E-state index in [1.807, 2.05) is 0 Å². The Bertz CT molecular complexity index is 419. The highest BCUT2D eigenvalue weighted by Gasteiger charge is 2.65. The molecule has 0 aliphatic rings. The fraction of sp³-hybridized carbons (Fsp3) is 0.833. The minimum absolute atomic E-state index is 0.0609. The van der Waals surface area contributed by atoms with Crippen molar-refractivity contribution in [1.29, 1.82) is 0 Å². The van der Waals surface area contributed by atoms with Gasteiger partial charge in [0, 0.05) is 13.2 Å². The molecule has 0 heterocycles. The van der Waals surface area contributed by atoms with Crippen molar-refractivity contribution in [1.82, 2.24) is 0 Å². The Kier molecular flexibility index (Phi) is 8.80. The van der Waals surface area contributed by atoms with Crippen molar-refractivity contribution in [3.05, 3.63) is 0 Å². The highest BCUT2D eigenvalue weighted by atomic mass is 31.2. The molecule has 0 fully saturated rings.